The number of rotatable bonds is 3. The molecule has 18 heavy (non-hydrogen) atoms. The highest BCUT2D eigenvalue weighted by molar-refractivity contribution is 5.94. The van der Waals surface area contributed by atoms with Crippen molar-refractivity contribution in [3.05, 3.63) is 47.4 Å². The maximum atomic E-state index is 11.9. The van der Waals surface area contributed by atoms with Crippen LogP contribution in [0.5, 0.6) is 0 Å². The number of nitrogens with zero attached hydrogens (tertiary/aromatic N) is 3. The molecule has 0 aromatic carbocycles. The minimum Gasteiger partial charge on any atom is -0.384 e. The zero-order valence-electron chi connectivity index (χ0n) is 9.92. The maximum absolute atomic E-state index is 11.9. The van der Waals surface area contributed by atoms with Gasteiger partial charge >= 0.3 is 0 Å². The number of amides is 1. The zero-order chi connectivity index (χ0) is 13.0. The van der Waals surface area contributed by atoms with Gasteiger partial charge in [-0.15, -0.1) is 0 Å². The van der Waals surface area contributed by atoms with Gasteiger partial charge in [0, 0.05) is 17.5 Å². The monoisotopic (exact) mass is 243 g/mol. The van der Waals surface area contributed by atoms with Gasteiger partial charge in [-0.05, 0) is 31.2 Å². The average molecular weight is 243 g/mol. The fourth-order valence-electron chi connectivity index (χ4n) is 1.53. The fourth-order valence-corrected chi connectivity index (χ4v) is 1.53. The fraction of sp³-hybridized carbons (Fsp3) is 0.167. The molecule has 1 amide bonds. The Morgan fingerprint density at radius 2 is 2.28 bits per heavy atom. The topological polar surface area (TPSA) is 93.8 Å². The van der Waals surface area contributed by atoms with Gasteiger partial charge in [-0.25, -0.2) is 4.98 Å². The molecule has 0 fully saturated rings. The van der Waals surface area contributed by atoms with E-state index in [1.807, 2.05) is 0 Å². The number of nitrogens with two attached hydrogens (primary N) is 1. The number of pyridine rings is 1. The first kappa shape index (κ1) is 12.0. The van der Waals surface area contributed by atoms with E-state index in [0.29, 0.717) is 29.3 Å². The Bertz CT molecular complexity index is 535. The standard InChI is InChI=1S/C12H13N5O/c1-8-5-9(6-11(13)16-8)12(18)14-7-10-3-2-4-15-17-10/h2-6H,7H2,1H3,(H2,13,16)(H,14,18). The number of nitrogens with one attached hydrogen (secondary N) is 1. The van der Waals surface area contributed by atoms with Gasteiger partial charge in [-0.1, -0.05) is 0 Å². The van der Waals surface area contributed by atoms with E-state index in [2.05, 4.69) is 20.5 Å². The van der Waals surface area contributed by atoms with E-state index in [1.165, 1.54) is 0 Å². The second-order valence-corrected chi connectivity index (χ2v) is 3.82. The summed E-state index contributed by atoms with van der Waals surface area (Å²) in [6.45, 7) is 2.11. The molecule has 0 aliphatic rings. The summed E-state index contributed by atoms with van der Waals surface area (Å²) >= 11 is 0. The molecule has 3 N–H and O–H groups in total. The summed E-state index contributed by atoms with van der Waals surface area (Å²) in [6, 6.07) is 6.78. The van der Waals surface area contributed by atoms with E-state index in [4.69, 9.17) is 5.73 Å². The van der Waals surface area contributed by atoms with Gasteiger partial charge in [0.2, 0.25) is 0 Å². The van der Waals surface area contributed by atoms with Crippen LogP contribution in [-0.4, -0.2) is 21.1 Å². The van der Waals surface area contributed by atoms with Gasteiger partial charge < -0.3 is 11.1 Å². The number of anilines is 1. The Kier molecular flexibility index (Phi) is 3.47. The number of nitrogen functional groups attached to an aromatic ring is 1. The molecule has 2 aromatic rings. The van der Waals surface area contributed by atoms with Crippen LogP contribution in [0, 0.1) is 6.92 Å². The molecule has 2 heterocycles. The largest absolute Gasteiger partial charge is 0.384 e. The molecule has 0 aliphatic heterocycles. The quantitative estimate of drug-likeness (QED) is 0.827. The molecular weight excluding hydrogens is 230 g/mol. The van der Waals surface area contributed by atoms with Crippen molar-refractivity contribution >= 4 is 11.7 Å². The summed E-state index contributed by atoms with van der Waals surface area (Å²) < 4.78 is 0. The van der Waals surface area contributed by atoms with Crippen molar-refractivity contribution in [2.45, 2.75) is 13.5 Å². The van der Waals surface area contributed by atoms with Gasteiger partial charge in [0.05, 0.1) is 12.2 Å². The molecule has 92 valence electrons. The Balaban J connectivity index is 2.04. The third kappa shape index (κ3) is 3.00. The molecule has 0 aliphatic carbocycles. The first-order chi connectivity index (χ1) is 8.65. The summed E-state index contributed by atoms with van der Waals surface area (Å²) in [5.74, 6) is 0.123. The van der Waals surface area contributed by atoms with E-state index in [9.17, 15) is 4.79 Å². The second-order valence-electron chi connectivity index (χ2n) is 3.82. The molecule has 2 rings (SSSR count). The molecular formula is C12H13N5O. The number of hydrogen-bond acceptors (Lipinski definition) is 5. The van der Waals surface area contributed by atoms with Crippen LogP contribution in [0.1, 0.15) is 21.7 Å². The van der Waals surface area contributed by atoms with Gasteiger partial charge in [0.1, 0.15) is 5.82 Å². The van der Waals surface area contributed by atoms with Gasteiger partial charge in [0.15, 0.2) is 0 Å². The smallest absolute Gasteiger partial charge is 0.251 e. The molecule has 6 heteroatoms. The van der Waals surface area contributed by atoms with Crippen LogP contribution in [0.3, 0.4) is 0 Å². The number of carbonyl (C=O) groups excluding carboxylic acids is 1. The number of aryl methyl sites for hydroxylation is 1. The van der Waals surface area contributed by atoms with Crippen molar-refractivity contribution < 1.29 is 4.79 Å². The molecule has 6 nitrogen and oxygen atoms in total. The second kappa shape index (κ2) is 5.22. The van der Waals surface area contributed by atoms with Gasteiger partial charge in [-0.3, -0.25) is 4.79 Å². The van der Waals surface area contributed by atoms with Crippen LogP contribution in [0.2, 0.25) is 0 Å². The van der Waals surface area contributed by atoms with Crippen molar-refractivity contribution in [3.8, 4) is 0 Å². The number of aromatic nitrogens is 3. The normalized spacial score (nSPS) is 10.1. The minimum atomic E-state index is -0.210. The lowest BCUT2D eigenvalue weighted by atomic mass is 10.2. The van der Waals surface area contributed by atoms with Crippen LogP contribution in [-0.2, 0) is 6.54 Å². The third-order valence-corrected chi connectivity index (χ3v) is 2.29. The van der Waals surface area contributed by atoms with Gasteiger partial charge in [-0.2, -0.15) is 10.2 Å². The highest BCUT2D eigenvalue weighted by atomic mass is 16.1. The van der Waals surface area contributed by atoms with E-state index >= 15 is 0 Å². The predicted octanol–water partition coefficient (Wildman–Crippen LogP) is 0.692. The molecule has 0 radical (unpaired) electrons. The van der Waals surface area contributed by atoms with Crippen molar-refractivity contribution in [1.82, 2.24) is 20.5 Å². The summed E-state index contributed by atoms with van der Waals surface area (Å²) in [4.78, 5) is 15.9. The van der Waals surface area contributed by atoms with Crippen LogP contribution < -0.4 is 11.1 Å². The lowest BCUT2D eigenvalue weighted by molar-refractivity contribution is 0.0950. The van der Waals surface area contributed by atoms with Crippen molar-refractivity contribution in [1.29, 1.82) is 0 Å². The number of carbonyl (C=O) groups is 1. The Labute approximate surface area is 104 Å². The molecule has 0 saturated carbocycles. The molecule has 0 spiro atoms. The van der Waals surface area contributed by atoms with Crippen LogP contribution >= 0.6 is 0 Å². The van der Waals surface area contributed by atoms with Crippen molar-refractivity contribution in [2.24, 2.45) is 0 Å². The van der Waals surface area contributed by atoms with E-state index in [0.717, 1.165) is 0 Å². The first-order valence-corrected chi connectivity index (χ1v) is 5.44. The Morgan fingerprint density at radius 1 is 1.44 bits per heavy atom. The van der Waals surface area contributed by atoms with E-state index in [-0.39, 0.29) is 5.91 Å². The molecule has 0 atom stereocenters. The minimum absolute atomic E-state index is 0.210. The zero-order valence-corrected chi connectivity index (χ0v) is 9.92. The third-order valence-electron chi connectivity index (χ3n) is 2.29. The Hall–Kier alpha value is -2.50. The maximum Gasteiger partial charge on any atom is 0.251 e. The summed E-state index contributed by atoms with van der Waals surface area (Å²) in [5, 5.41) is 10.4. The molecule has 2 aromatic heterocycles. The highest BCUT2D eigenvalue weighted by Crippen LogP contribution is 2.07. The summed E-state index contributed by atoms with van der Waals surface area (Å²) in [5.41, 5.74) is 7.49. The van der Waals surface area contributed by atoms with Gasteiger partial charge in [0.25, 0.3) is 5.91 Å². The SMILES string of the molecule is Cc1cc(C(=O)NCc2cccnn2)cc(N)n1. The molecule has 0 bridgehead atoms. The van der Waals surface area contributed by atoms with Crippen molar-refractivity contribution in [2.75, 3.05) is 5.73 Å². The van der Waals surface area contributed by atoms with E-state index in [1.54, 1.807) is 37.4 Å². The number of hydrogen-bond donors (Lipinski definition) is 2. The highest BCUT2D eigenvalue weighted by Gasteiger charge is 2.07. The van der Waals surface area contributed by atoms with Crippen LogP contribution in [0.4, 0.5) is 5.82 Å². The molecule has 0 unspecified atom stereocenters. The van der Waals surface area contributed by atoms with Crippen molar-refractivity contribution in [3.63, 3.8) is 0 Å². The first-order valence-electron chi connectivity index (χ1n) is 5.44. The Morgan fingerprint density at radius 3 is 2.94 bits per heavy atom. The van der Waals surface area contributed by atoms with Crippen LogP contribution in [0.25, 0.3) is 0 Å². The molecule has 0 saturated heterocycles. The average Bonchev–Trinajstić information content (AvgIpc) is 2.36. The lowest BCUT2D eigenvalue weighted by Crippen LogP contribution is -2.23. The summed E-state index contributed by atoms with van der Waals surface area (Å²) in [7, 11) is 0. The van der Waals surface area contributed by atoms with E-state index < -0.39 is 0 Å². The predicted molar refractivity (Wildman–Crippen MR) is 66.6 cm³/mol. The summed E-state index contributed by atoms with van der Waals surface area (Å²) in [6.07, 6.45) is 1.58. The van der Waals surface area contributed by atoms with Crippen LogP contribution in [0.15, 0.2) is 30.5 Å². The lowest BCUT2D eigenvalue weighted by Gasteiger charge is -2.05.